The van der Waals surface area contributed by atoms with Gasteiger partial charge in [0, 0.05) is 5.69 Å². The van der Waals surface area contributed by atoms with E-state index >= 15 is 0 Å². The van der Waals surface area contributed by atoms with E-state index in [9.17, 15) is 4.79 Å². The van der Waals surface area contributed by atoms with Gasteiger partial charge in [0.1, 0.15) is 0 Å². The first-order valence-electron chi connectivity index (χ1n) is 8.08. The van der Waals surface area contributed by atoms with E-state index in [-0.39, 0.29) is 5.97 Å². The Labute approximate surface area is 143 Å². The number of methoxy groups -OCH3 is 1. The molecule has 0 aromatic heterocycles. The third kappa shape index (κ3) is 4.14. The molecule has 1 unspecified atom stereocenters. The van der Waals surface area contributed by atoms with Crippen molar-refractivity contribution >= 4 is 11.7 Å². The fraction of sp³-hybridized carbons (Fsp3) is 0.300. The number of hydrogen-bond donors (Lipinski definition) is 1. The third-order valence-electron chi connectivity index (χ3n) is 3.99. The molecule has 0 aliphatic rings. The zero-order valence-electron chi connectivity index (χ0n) is 14.3. The number of nitrogens with zero attached hydrogens (tertiary/aromatic N) is 1. The van der Waals surface area contributed by atoms with E-state index in [1.165, 1.54) is 18.2 Å². The SMILES string of the molecule is CCc1cc(CC)cc(C(Nc2ccc(C#N)cc2)C(=O)OC)c1. The highest BCUT2D eigenvalue weighted by Gasteiger charge is 2.22. The van der Waals surface area contributed by atoms with Gasteiger partial charge in [0.25, 0.3) is 0 Å². The van der Waals surface area contributed by atoms with Crippen LogP contribution in [0.5, 0.6) is 0 Å². The maximum atomic E-state index is 12.3. The van der Waals surface area contributed by atoms with Crippen LogP contribution in [-0.2, 0) is 22.4 Å². The number of ether oxygens (including phenoxy) is 1. The Hall–Kier alpha value is -2.80. The minimum absolute atomic E-state index is 0.338. The van der Waals surface area contributed by atoms with Crippen LogP contribution in [0.3, 0.4) is 0 Å². The topological polar surface area (TPSA) is 62.1 Å². The largest absolute Gasteiger partial charge is 0.467 e. The van der Waals surface area contributed by atoms with E-state index in [0.717, 1.165) is 24.1 Å². The predicted molar refractivity (Wildman–Crippen MR) is 94.7 cm³/mol. The van der Waals surface area contributed by atoms with Gasteiger partial charge < -0.3 is 10.1 Å². The van der Waals surface area contributed by atoms with Crippen LogP contribution in [0.15, 0.2) is 42.5 Å². The Morgan fingerprint density at radius 3 is 2.17 bits per heavy atom. The van der Waals surface area contributed by atoms with Crippen molar-refractivity contribution in [2.75, 3.05) is 12.4 Å². The molecular weight excluding hydrogens is 300 g/mol. The number of nitrogens with one attached hydrogen (secondary N) is 1. The first-order valence-corrected chi connectivity index (χ1v) is 8.08. The summed E-state index contributed by atoms with van der Waals surface area (Å²) >= 11 is 0. The first kappa shape index (κ1) is 17.6. The zero-order chi connectivity index (χ0) is 17.5. The van der Waals surface area contributed by atoms with Gasteiger partial charge in [-0.3, -0.25) is 0 Å². The Morgan fingerprint density at radius 2 is 1.71 bits per heavy atom. The molecule has 124 valence electrons. The number of esters is 1. The van der Waals surface area contributed by atoms with Gasteiger partial charge in [0.2, 0.25) is 0 Å². The molecule has 0 spiro atoms. The van der Waals surface area contributed by atoms with E-state index in [1.54, 1.807) is 24.3 Å². The van der Waals surface area contributed by atoms with Gasteiger partial charge in [-0.1, -0.05) is 32.0 Å². The average Bonchev–Trinajstić information content (AvgIpc) is 2.65. The van der Waals surface area contributed by atoms with Gasteiger partial charge in [-0.25, -0.2) is 4.79 Å². The maximum absolute atomic E-state index is 12.3. The van der Waals surface area contributed by atoms with Crippen LogP contribution in [0.1, 0.15) is 42.1 Å². The molecule has 0 fully saturated rings. The molecule has 0 radical (unpaired) electrons. The summed E-state index contributed by atoms with van der Waals surface area (Å²) in [6.07, 6.45) is 1.82. The molecule has 0 bridgehead atoms. The van der Waals surface area contributed by atoms with Gasteiger partial charge in [-0.2, -0.15) is 5.26 Å². The lowest BCUT2D eigenvalue weighted by Crippen LogP contribution is -2.22. The van der Waals surface area contributed by atoms with E-state index in [0.29, 0.717) is 5.56 Å². The molecule has 24 heavy (non-hydrogen) atoms. The summed E-state index contributed by atoms with van der Waals surface area (Å²) in [6, 6.07) is 14.8. The summed E-state index contributed by atoms with van der Waals surface area (Å²) in [6.45, 7) is 4.19. The quantitative estimate of drug-likeness (QED) is 0.816. The molecule has 0 saturated carbocycles. The number of benzene rings is 2. The number of nitriles is 1. The highest BCUT2D eigenvalue weighted by Crippen LogP contribution is 2.24. The van der Waals surface area contributed by atoms with Gasteiger partial charge in [-0.05, 0) is 53.8 Å². The van der Waals surface area contributed by atoms with Crippen LogP contribution in [0, 0.1) is 11.3 Å². The van der Waals surface area contributed by atoms with Crippen molar-refractivity contribution in [3.05, 3.63) is 64.7 Å². The van der Waals surface area contributed by atoms with Gasteiger partial charge in [0.15, 0.2) is 6.04 Å². The van der Waals surface area contributed by atoms with Crippen molar-refractivity contribution in [2.45, 2.75) is 32.7 Å². The molecule has 2 aromatic carbocycles. The average molecular weight is 322 g/mol. The summed E-state index contributed by atoms with van der Waals surface area (Å²) in [5.41, 5.74) is 4.63. The third-order valence-corrected chi connectivity index (χ3v) is 3.99. The second-order valence-electron chi connectivity index (χ2n) is 5.58. The molecule has 1 atom stereocenters. The molecule has 4 heteroatoms. The normalized spacial score (nSPS) is 11.4. The fourth-order valence-corrected chi connectivity index (χ4v) is 2.57. The van der Waals surface area contributed by atoms with Crippen molar-refractivity contribution in [3.63, 3.8) is 0 Å². The Morgan fingerprint density at radius 1 is 1.12 bits per heavy atom. The summed E-state index contributed by atoms with van der Waals surface area (Å²) in [4.78, 5) is 12.3. The fourth-order valence-electron chi connectivity index (χ4n) is 2.57. The van der Waals surface area contributed by atoms with E-state index in [4.69, 9.17) is 10.00 Å². The molecule has 0 aliphatic heterocycles. The van der Waals surface area contributed by atoms with Crippen molar-refractivity contribution in [2.24, 2.45) is 0 Å². The van der Waals surface area contributed by atoms with Crippen LogP contribution in [-0.4, -0.2) is 13.1 Å². The Balaban J connectivity index is 2.37. The molecule has 0 saturated heterocycles. The lowest BCUT2D eigenvalue weighted by atomic mass is 9.97. The number of hydrogen-bond acceptors (Lipinski definition) is 4. The highest BCUT2D eigenvalue weighted by molar-refractivity contribution is 5.81. The number of anilines is 1. The van der Waals surface area contributed by atoms with Crippen molar-refractivity contribution < 1.29 is 9.53 Å². The lowest BCUT2D eigenvalue weighted by Gasteiger charge is -2.20. The smallest absolute Gasteiger partial charge is 0.332 e. The number of carbonyl (C=O) groups excluding carboxylic acids is 1. The number of carbonyl (C=O) groups is 1. The first-order chi connectivity index (χ1) is 11.6. The summed E-state index contributed by atoms with van der Waals surface area (Å²) < 4.78 is 4.98. The molecule has 4 nitrogen and oxygen atoms in total. The van der Waals surface area contributed by atoms with Crippen molar-refractivity contribution in [1.82, 2.24) is 0 Å². The molecular formula is C20H22N2O2. The van der Waals surface area contributed by atoms with Crippen molar-refractivity contribution in [3.8, 4) is 6.07 Å². The van der Waals surface area contributed by atoms with Gasteiger partial charge in [0.05, 0.1) is 18.7 Å². The maximum Gasteiger partial charge on any atom is 0.332 e. The molecule has 0 amide bonds. The van der Waals surface area contributed by atoms with Crippen LogP contribution in [0.25, 0.3) is 0 Å². The number of rotatable bonds is 6. The summed E-state index contributed by atoms with van der Waals surface area (Å²) in [5.74, 6) is -0.338. The summed E-state index contributed by atoms with van der Waals surface area (Å²) in [5, 5.41) is 12.1. The highest BCUT2D eigenvalue weighted by atomic mass is 16.5. The zero-order valence-corrected chi connectivity index (χ0v) is 14.3. The van der Waals surface area contributed by atoms with Gasteiger partial charge in [-0.15, -0.1) is 0 Å². The van der Waals surface area contributed by atoms with Crippen LogP contribution >= 0.6 is 0 Å². The second-order valence-corrected chi connectivity index (χ2v) is 5.58. The van der Waals surface area contributed by atoms with Crippen LogP contribution < -0.4 is 5.32 Å². The van der Waals surface area contributed by atoms with Crippen LogP contribution in [0.4, 0.5) is 5.69 Å². The second kappa shape index (κ2) is 8.16. The molecule has 2 aromatic rings. The molecule has 0 heterocycles. The molecule has 1 N–H and O–H groups in total. The monoisotopic (exact) mass is 322 g/mol. The molecule has 2 rings (SSSR count). The van der Waals surface area contributed by atoms with Crippen LogP contribution in [0.2, 0.25) is 0 Å². The lowest BCUT2D eigenvalue weighted by molar-refractivity contribution is -0.141. The minimum Gasteiger partial charge on any atom is -0.467 e. The predicted octanol–water partition coefficient (Wildman–Crippen LogP) is 4.01. The number of aryl methyl sites for hydroxylation is 2. The van der Waals surface area contributed by atoms with E-state index < -0.39 is 6.04 Å². The van der Waals surface area contributed by atoms with Gasteiger partial charge >= 0.3 is 5.97 Å². The van der Waals surface area contributed by atoms with E-state index in [2.05, 4.69) is 31.3 Å². The minimum atomic E-state index is -0.584. The van der Waals surface area contributed by atoms with Crippen molar-refractivity contribution in [1.29, 1.82) is 5.26 Å². The standard InChI is InChI=1S/C20H22N2O2/c1-4-14-10-15(5-2)12-17(11-14)19(20(23)24-3)22-18-8-6-16(13-21)7-9-18/h6-12,19,22H,4-5H2,1-3H3. The van der Waals surface area contributed by atoms with E-state index in [1.807, 2.05) is 12.1 Å². The Kier molecular flexibility index (Phi) is 5.97. The Bertz CT molecular complexity index is 723. The summed E-state index contributed by atoms with van der Waals surface area (Å²) in [7, 11) is 1.39. The molecule has 0 aliphatic carbocycles.